The molecular formula is C16H25N. The molecule has 0 atom stereocenters. The van der Waals surface area contributed by atoms with Gasteiger partial charge in [0.15, 0.2) is 0 Å². The monoisotopic (exact) mass is 231 g/mol. The maximum Gasteiger partial charge on any atom is 0.0316 e. The van der Waals surface area contributed by atoms with E-state index in [-0.39, 0.29) is 0 Å². The zero-order valence-electron chi connectivity index (χ0n) is 11.4. The van der Waals surface area contributed by atoms with Gasteiger partial charge < -0.3 is 5.73 Å². The summed E-state index contributed by atoms with van der Waals surface area (Å²) in [6.07, 6.45) is 5.38. The summed E-state index contributed by atoms with van der Waals surface area (Å²) in [6.45, 7) is 7.12. The Balaban J connectivity index is 2.00. The Morgan fingerprint density at radius 1 is 1.06 bits per heavy atom. The first kappa shape index (κ1) is 12.5. The highest BCUT2D eigenvalue weighted by Gasteiger charge is 2.30. The summed E-state index contributed by atoms with van der Waals surface area (Å²) in [5.74, 6) is 1.62. The molecule has 0 radical (unpaired) electrons. The maximum atomic E-state index is 5.86. The summed E-state index contributed by atoms with van der Waals surface area (Å²) >= 11 is 0. The predicted molar refractivity (Wildman–Crippen MR) is 75.0 cm³/mol. The average Bonchev–Trinajstić information content (AvgIpc) is 2.28. The highest BCUT2D eigenvalue weighted by molar-refractivity contribution is 5.41. The van der Waals surface area contributed by atoms with Gasteiger partial charge in [-0.2, -0.15) is 0 Å². The fraction of sp³-hybridized carbons (Fsp3) is 0.625. The van der Waals surface area contributed by atoms with E-state index in [0.29, 0.717) is 5.41 Å². The standard InChI is InChI=1S/C16H25N/c1-16(2,3)14-9-7-12(8-10-14)13-5-4-6-15(17)11-13/h4-6,11-12,14H,7-10,17H2,1-3H3. The molecule has 1 aliphatic rings. The Labute approximate surface area is 105 Å². The lowest BCUT2D eigenvalue weighted by Crippen LogP contribution is -2.25. The van der Waals surface area contributed by atoms with Crippen molar-refractivity contribution < 1.29 is 0 Å². The molecule has 94 valence electrons. The third-order valence-electron chi connectivity index (χ3n) is 4.33. The molecule has 2 rings (SSSR count). The molecular weight excluding hydrogens is 206 g/mol. The summed E-state index contributed by atoms with van der Waals surface area (Å²) in [5.41, 5.74) is 8.68. The molecule has 1 aliphatic carbocycles. The van der Waals surface area contributed by atoms with Gasteiger partial charge in [-0.3, -0.25) is 0 Å². The van der Waals surface area contributed by atoms with Crippen LogP contribution in [0.25, 0.3) is 0 Å². The smallest absolute Gasteiger partial charge is 0.0316 e. The van der Waals surface area contributed by atoms with Crippen LogP contribution in [0.3, 0.4) is 0 Å². The van der Waals surface area contributed by atoms with Gasteiger partial charge in [-0.15, -0.1) is 0 Å². The van der Waals surface area contributed by atoms with E-state index >= 15 is 0 Å². The van der Waals surface area contributed by atoms with E-state index in [2.05, 4.69) is 39.0 Å². The average molecular weight is 231 g/mol. The summed E-state index contributed by atoms with van der Waals surface area (Å²) in [6, 6.07) is 8.45. The Kier molecular flexibility index (Phi) is 3.46. The number of nitrogens with two attached hydrogens (primary N) is 1. The Hall–Kier alpha value is -0.980. The summed E-state index contributed by atoms with van der Waals surface area (Å²) < 4.78 is 0. The fourth-order valence-corrected chi connectivity index (χ4v) is 3.11. The maximum absolute atomic E-state index is 5.86. The van der Waals surface area contributed by atoms with E-state index in [1.54, 1.807) is 0 Å². The minimum Gasteiger partial charge on any atom is -0.399 e. The van der Waals surface area contributed by atoms with E-state index in [0.717, 1.165) is 17.5 Å². The van der Waals surface area contributed by atoms with Crippen molar-refractivity contribution in [3.63, 3.8) is 0 Å². The third-order valence-corrected chi connectivity index (χ3v) is 4.33. The van der Waals surface area contributed by atoms with Gasteiger partial charge in [0.1, 0.15) is 0 Å². The van der Waals surface area contributed by atoms with Crippen LogP contribution in [0.15, 0.2) is 24.3 Å². The summed E-state index contributed by atoms with van der Waals surface area (Å²) in [5, 5.41) is 0. The molecule has 0 spiro atoms. The van der Waals surface area contributed by atoms with Crippen LogP contribution in [-0.4, -0.2) is 0 Å². The van der Waals surface area contributed by atoms with Crippen molar-refractivity contribution in [2.75, 3.05) is 5.73 Å². The van der Waals surface area contributed by atoms with E-state index in [4.69, 9.17) is 5.73 Å². The molecule has 0 bridgehead atoms. The van der Waals surface area contributed by atoms with Crippen molar-refractivity contribution in [2.24, 2.45) is 11.3 Å². The van der Waals surface area contributed by atoms with Crippen molar-refractivity contribution >= 4 is 5.69 Å². The highest BCUT2D eigenvalue weighted by atomic mass is 14.5. The molecule has 1 aromatic carbocycles. The molecule has 1 fully saturated rings. The molecule has 0 heterocycles. The second-order valence-electron chi connectivity index (χ2n) is 6.58. The molecule has 0 aromatic heterocycles. The lowest BCUT2D eigenvalue weighted by molar-refractivity contribution is 0.169. The number of rotatable bonds is 1. The molecule has 1 saturated carbocycles. The minimum atomic E-state index is 0.473. The van der Waals surface area contributed by atoms with Crippen LogP contribution in [0, 0.1) is 11.3 Å². The molecule has 17 heavy (non-hydrogen) atoms. The van der Waals surface area contributed by atoms with E-state index in [9.17, 15) is 0 Å². The van der Waals surface area contributed by atoms with Gasteiger partial charge >= 0.3 is 0 Å². The van der Waals surface area contributed by atoms with Gasteiger partial charge in [0.2, 0.25) is 0 Å². The van der Waals surface area contributed by atoms with Gasteiger partial charge in [0.05, 0.1) is 0 Å². The second kappa shape index (κ2) is 4.72. The summed E-state index contributed by atoms with van der Waals surface area (Å²) in [4.78, 5) is 0. The first-order chi connectivity index (χ1) is 7.97. The van der Waals surface area contributed by atoms with Crippen molar-refractivity contribution in [1.29, 1.82) is 0 Å². The predicted octanol–water partition coefficient (Wildman–Crippen LogP) is 4.59. The Morgan fingerprint density at radius 2 is 1.71 bits per heavy atom. The van der Waals surface area contributed by atoms with Crippen molar-refractivity contribution in [1.82, 2.24) is 0 Å². The number of hydrogen-bond acceptors (Lipinski definition) is 1. The fourth-order valence-electron chi connectivity index (χ4n) is 3.11. The molecule has 0 aliphatic heterocycles. The van der Waals surface area contributed by atoms with Crippen molar-refractivity contribution in [3.05, 3.63) is 29.8 Å². The Morgan fingerprint density at radius 3 is 2.24 bits per heavy atom. The van der Waals surface area contributed by atoms with E-state index in [1.165, 1.54) is 31.2 Å². The van der Waals surface area contributed by atoms with Crippen LogP contribution in [0.5, 0.6) is 0 Å². The van der Waals surface area contributed by atoms with Crippen LogP contribution < -0.4 is 5.73 Å². The zero-order chi connectivity index (χ0) is 12.5. The number of anilines is 1. The first-order valence-electron chi connectivity index (χ1n) is 6.82. The molecule has 0 saturated heterocycles. The van der Waals surface area contributed by atoms with Crippen LogP contribution in [-0.2, 0) is 0 Å². The minimum absolute atomic E-state index is 0.473. The number of nitrogen functional groups attached to an aromatic ring is 1. The van der Waals surface area contributed by atoms with E-state index < -0.39 is 0 Å². The van der Waals surface area contributed by atoms with Crippen LogP contribution in [0.1, 0.15) is 57.9 Å². The number of benzene rings is 1. The molecule has 2 N–H and O–H groups in total. The molecule has 1 heteroatoms. The van der Waals surface area contributed by atoms with Crippen LogP contribution >= 0.6 is 0 Å². The van der Waals surface area contributed by atoms with Gasteiger partial charge in [-0.25, -0.2) is 0 Å². The van der Waals surface area contributed by atoms with Gasteiger partial charge in [0, 0.05) is 5.69 Å². The Bertz CT molecular complexity index is 367. The van der Waals surface area contributed by atoms with Crippen LogP contribution in [0.2, 0.25) is 0 Å². The van der Waals surface area contributed by atoms with Crippen molar-refractivity contribution in [3.8, 4) is 0 Å². The first-order valence-corrected chi connectivity index (χ1v) is 6.82. The van der Waals surface area contributed by atoms with Crippen molar-refractivity contribution in [2.45, 2.75) is 52.4 Å². The largest absolute Gasteiger partial charge is 0.399 e. The SMILES string of the molecule is CC(C)(C)C1CCC(c2cccc(N)c2)CC1. The summed E-state index contributed by atoms with van der Waals surface area (Å²) in [7, 11) is 0. The lowest BCUT2D eigenvalue weighted by Gasteiger charge is -2.37. The molecule has 0 unspecified atom stereocenters. The highest BCUT2D eigenvalue weighted by Crippen LogP contribution is 2.43. The second-order valence-corrected chi connectivity index (χ2v) is 6.58. The van der Waals surface area contributed by atoms with Gasteiger partial charge in [-0.05, 0) is 60.6 Å². The zero-order valence-corrected chi connectivity index (χ0v) is 11.4. The lowest BCUT2D eigenvalue weighted by atomic mass is 9.69. The van der Waals surface area contributed by atoms with Crippen LogP contribution in [0.4, 0.5) is 5.69 Å². The van der Waals surface area contributed by atoms with E-state index in [1.807, 2.05) is 6.07 Å². The van der Waals surface area contributed by atoms with Gasteiger partial charge in [-0.1, -0.05) is 32.9 Å². The molecule has 0 amide bonds. The van der Waals surface area contributed by atoms with Gasteiger partial charge in [0.25, 0.3) is 0 Å². The topological polar surface area (TPSA) is 26.0 Å². The quantitative estimate of drug-likeness (QED) is 0.703. The number of hydrogen-bond donors (Lipinski definition) is 1. The molecule has 1 aromatic rings. The third kappa shape index (κ3) is 3.02. The normalized spacial score (nSPS) is 25.8. The molecule has 1 nitrogen and oxygen atoms in total.